The molecule has 0 aromatic rings. The van der Waals surface area contributed by atoms with Crippen molar-refractivity contribution in [1.82, 2.24) is 10.6 Å². The van der Waals surface area contributed by atoms with Crippen molar-refractivity contribution < 1.29 is 4.79 Å². The predicted octanol–water partition coefficient (Wildman–Crippen LogP) is 1.32. The molecule has 0 spiro atoms. The van der Waals surface area contributed by atoms with Crippen molar-refractivity contribution in [3.05, 3.63) is 0 Å². The van der Waals surface area contributed by atoms with Crippen LogP contribution in [-0.2, 0) is 4.79 Å². The molecule has 15 heavy (non-hydrogen) atoms. The summed E-state index contributed by atoms with van der Waals surface area (Å²) in [4.78, 5) is 11.8. The highest BCUT2D eigenvalue weighted by Gasteiger charge is 2.29. The second kappa shape index (κ2) is 5.71. The third-order valence-electron chi connectivity index (χ3n) is 3.65. The first kappa shape index (κ1) is 12.8. The van der Waals surface area contributed by atoms with Crippen LogP contribution < -0.4 is 10.6 Å². The van der Waals surface area contributed by atoms with E-state index >= 15 is 0 Å². The molecule has 1 saturated carbocycles. The van der Waals surface area contributed by atoms with Crippen LogP contribution in [0.1, 0.15) is 32.6 Å². The Kier molecular flexibility index (Phi) is 4.87. The molecule has 1 heterocycles. The summed E-state index contributed by atoms with van der Waals surface area (Å²) < 4.78 is 0. The molecule has 4 heteroatoms. The summed E-state index contributed by atoms with van der Waals surface area (Å²) in [5.41, 5.74) is 0. The van der Waals surface area contributed by atoms with Crippen LogP contribution in [0.4, 0.5) is 0 Å². The summed E-state index contributed by atoms with van der Waals surface area (Å²) in [5.74, 6) is 1.13. The maximum atomic E-state index is 11.8. The van der Waals surface area contributed by atoms with Gasteiger partial charge in [-0.3, -0.25) is 4.79 Å². The van der Waals surface area contributed by atoms with Crippen molar-refractivity contribution in [2.45, 2.75) is 38.6 Å². The topological polar surface area (TPSA) is 41.1 Å². The van der Waals surface area contributed by atoms with E-state index in [1.165, 1.54) is 25.7 Å². The van der Waals surface area contributed by atoms with Crippen LogP contribution in [0.2, 0.25) is 0 Å². The lowest BCUT2D eigenvalue weighted by molar-refractivity contribution is -0.127. The number of hydrogen-bond donors (Lipinski definition) is 2. The highest BCUT2D eigenvalue weighted by atomic mass is 35.5. The van der Waals surface area contributed by atoms with Gasteiger partial charge in [0.2, 0.25) is 5.91 Å². The first-order chi connectivity index (χ1) is 6.77. The van der Waals surface area contributed by atoms with E-state index in [1.807, 2.05) is 0 Å². The van der Waals surface area contributed by atoms with Gasteiger partial charge in [0.25, 0.3) is 0 Å². The number of nitrogens with one attached hydrogen (secondary N) is 2. The van der Waals surface area contributed by atoms with Gasteiger partial charge in [-0.2, -0.15) is 0 Å². The van der Waals surface area contributed by atoms with E-state index in [9.17, 15) is 4.79 Å². The van der Waals surface area contributed by atoms with Gasteiger partial charge in [0.05, 0.1) is 6.04 Å². The van der Waals surface area contributed by atoms with Gasteiger partial charge in [-0.15, -0.1) is 12.4 Å². The van der Waals surface area contributed by atoms with Crippen LogP contribution in [0.3, 0.4) is 0 Å². The lowest BCUT2D eigenvalue weighted by Crippen LogP contribution is -2.58. The van der Waals surface area contributed by atoms with Crippen LogP contribution in [0.25, 0.3) is 0 Å². The van der Waals surface area contributed by atoms with Crippen LogP contribution in [0.5, 0.6) is 0 Å². The molecule has 1 amide bonds. The quantitative estimate of drug-likeness (QED) is 0.771. The molecule has 1 atom stereocenters. The van der Waals surface area contributed by atoms with E-state index in [-0.39, 0.29) is 24.2 Å². The van der Waals surface area contributed by atoms with E-state index in [4.69, 9.17) is 0 Å². The van der Waals surface area contributed by atoms with E-state index in [0.717, 1.165) is 13.1 Å². The molecule has 1 saturated heterocycles. The molecule has 3 nitrogen and oxygen atoms in total. The summed E-state index contributed by atoms with van der Waals surface area (Å²) >= 11 is 0. The number of carbonyl (C=O) groups excluding carboxylic acids is 1. The largest absolute Gasteiger partial charge is 0.351 e. The van der Waals surface area contributed by atoms with Crippen molar-refractivity contribution in [3.63, 3.8) is 0 Å². The zero-order valence-corrected chi connectivity index (χ0v) is 10.1. The van der Waals surface area contributed by atoms with Gasteiger partial charge in [-0.05, 0) is 18.8 Å². The first-order valence-corrected chi connectivity index (χ1v) is 5.78. The van der Waals surface area contributed by atoms with Crippen LogP contribution >= 0.6 is 12.4 Å². The minimum absolute atomic E-state index is 0. The Morgan fingerprint density at radius 3 is 2.40 bits per heavy atom. The maximum Gasteiger partial charge on any atom is 0.223 e. The molecule has 0 bridgehead atoms. The highest BCUT2D eigenvalue weighted by molar-refractivity contribution is 5.85. The molecule has 0 aromatic carbocycles. The van der Waals surface area contributed by atoms with E-state index in [2.05, 4.69) is 17.6 Å². The van der Waals surface area contributed by atoms with E-state index in [1.54, 1.807) is 0 Å². The number of carbonyl (C=O) groups is 1. The van der Waals surface area contributed by atoms with E-state index in [0.29, 0.717) is 12.0 Å². The molecule has 0 radical (unpaired) electrons. The average Bonchev–Trinajstić information content (AvgIpc) is 2.62. The van der Waals surface area contributed by atoms with Gasteiger partial charge in [0, 0.05) is 19.0 Å². The number of rotatable bonds is 3. The summed E-state index contributed by atoms with van der Waals surface area (Å²) in [7, 11) is 0. The molecule has 0 aromatic heterocycles. The number of amides is 1. The Hall–Kier alpha value is -0.280. The minimum Gasteiger partial charge on any atom is -0.351 e. The summed E-state index contributed by atoms with van der Waals surface area (Å²) in [6, 6.07) is 0.395. The van der Waals surface area contributed by atoms with Gasteiger partial charge in [-0.25, -0.2) is 0 Å². The molecule has 2 aliphatic rings. The smallest absolute Gasteiger partial charge is 0.223 e. The third kappa shape index (κ3) is 3.08. The zero-order chi connectivity index (χ0) is 9.97. The van der Waals surface area contributed by atoms with Crippen molar-refractivity contribution in [2.75, 3.05) is 13.1 Å². The van der Waals surface area contributed by atoms with Gasteiger partial charge in [-0.1, -0.05) is 19.8 Å². The predicted molar refractivity (Wildman–Crippen MR) is 63.2 cm³/mol. The van der Waals surface area contributed by atoms with Crippen LogP contribution in [0, 0.1) is 11.8 Å². The number of hydrogen-bond acceptors (Lipinski definition) is 2. The zero-order valence-electron chi connectivity index (χ0n) is 9.29. The first-order valence-electron chi connectivity index (χ1n) is 5.78. The highest BCUT2D eigenvalue weighted by Crippen LogP contribution is 2.31. The second-order valence-corrected chi connectivity index (χ2v) is 4.70. The Balaban J connectivity index is 0.00000112. The van der Waals surface area contributed by atoms with Crippen molar-refractivity contribution >= 4 is 18.3 Å². The van der Waals surface area contributed by atoms with Crippen molar-refractivity contribution in [1.29, 1.82) is 0 Å². The molecule has 1 unspecified atom stereocenters. The molecule has 2 fully saturated rings. The molecule has 1 aliphatic carbocycles. The van der Waals surface area contributed by atoms with Crippen molar-refractivity contribution in [3.8, 4) is 0 Å². The Labute approximate surface area is 97.8 Å². The summed E-state index contributed by atoms with van der Waals surface area (Å²) in [6.45, 7) is 3.98. The fourth-order valence-electron chi connectivity index (χ4n) is 2.39. The molecular formula is C11H21ClN2O. The lowest BCUT2D eigenvalue weighted by Gasteiger charge is -2.30. The van der Waals surface area contributed by atoms with Gasteiger partial charge >= 0.3 is 0 Å². The van der Waals surface area contributed by atoms with Gasteiger partial charge < -0.3 is 10.6 Å². The maximum absolute atomic E-state index is 11.8. The lowest BCUT2D eigenvalue weighted by atomic mass is 9.91. The Bertz CT molecular complexity index is 213. The minimum atomic E-state index is 0. The van der Waals surface area contributed by atoms with Gasteiger partial charge in [0.15, 0.2) is 0 Å². The monoisotopic (exact) mass is 232 g/mol. The third-order valence-corrected chi connectivity index (χ3v) is 3.65. The fraction of sp³-hybridized carbons (Fsp3) is 0.909. The SMILES string of the molecule is CC(C(=O)NC1CNC1)C1CCCC1.Cl. The van der Waals surface area contributed by atoms with Crippen LogP contribution in [-0.4, -0.2) is 25.0 Å². The van der Waals surface area contributed by atoms with Crippen molar-refractivity contribution in [2.24, 2.45) is 11.8 Å². The standard InChI is InChI=1S/C11H20N2O.ClH/c1-8(9-4-2-3-5-9)11(14)13-10-6-12-7-10;/h8-10,12H,2-7H2,1H3,(H,13,14);1H. The summed E-state index contributed by atoms with van der Waals surface area (Å²) in [5, 5.41) is 6.25. The normalized spacial score (nSPS) is 24.1. The van der Waals surface area contributed by atoms with E-state index < -0.39 is 0 Å². The second-order valence-electron chi connectivity index (χ2n) is 4.70. The molecule has 2 N–H and O–H groups in total. The molecule has 2 rings (SSSR count). The Morgan fingerprint density at radius 2 is 1.93 bits per heavy atom. The fourth-order valence-corrected chi connectivity index (χ4v) is 2.39. The molecule has 88 valence electrons. The molecular weight excluding hydrogens is 212 g/mol. The molecule has 1 aliphatic heterocycles. The Morgan fingerprint density at radius 1 is 1.33 bits per heavy atom. The van der Waals surface area contributed by atoms with Crippen LogP contribution in [0.15, 0.2) is 0 Å². The summed E-state index contributed by atoms with van der Waals surface area (Å²) in [6.07, 6.45) is 5.12. The number of halogens is 1. The van der Waals surface area contributed by atoms with Gasteiger partial charge in [0.1, 0.15) is 0 Å². The average molecular weight is 233 g/mol.